The Morgan fingerprint density at radius 1 is 0.473 bits per heavy atom. The van der Waals surface area contributed by atoms with Crippen LogP contribution in [0.5, 0.6) is 0 Å². The summed E-state index contributed by atoms with van der Waals surface area (Å²) in [6.45, 7) is 4.79. The smallest absolute Gasteiger partial charge is 0.134 e. The Hall–Kier alpha value is -6.77. The lowest BCUT2D eigenvalue weighted by molar-refractivity contribution is 0.666. The van der Waals surface area contributed by atoms with Gasteiger partial charge in [0.05, 0.1) is 11.7 Å². The molecule has 1 N–H and O–H groups in total. The van der Waals surface area contributed by atoms with Crippen LogP contribution in [0.4, 0.5) is 0 Å². The summed E-state index contributed by atoms with van der Waals surface area (Å²) in [5.41, 5.74) is 17.0. The minimum atomic E-state index is -0.170. The molecule has 55 heavy (non-hydrogen) atoms. The zero-order chi connectivity index (χ0) is 36.9. The minimum Gasteiger partial charge on any atom is -0.359 e. The molecule has 0 saturated heterocycles. The van der Waals surface area contributed by atoms with E-state index in [4.69, 9.17) is 4.99 Å². The fraction of sp³-hybridized carbons (Fsp3) is 0.0755. The zero-order valence-electron chi connectivity index (χ0n) is 31.0. The van der Waals surface area contributed by atoms with Crippen LogP contribution in [0, 0.1) is 0 Å². The van der Waals surface area contributed by atoms with Crippen molar-refractivity contribution in [2.24, 2.45) is 4.99 Å². The molecule has 262 valence electrons. The van der Waals surface area contributed by atoms with E-state index in [0.29, 0.717) is 0 Å². The lowest BCUT2D eigenvalue weighted by atomic mass is 9.78. The van der Waals surface area contributed by atoms with Gasteiger partial charge in [-0.15, -0.1) is 0 Å². The highest BCUT2D eigenvalue weighted by molar-refractivity contribution is 6.05. The number of fused-ring (bicyclic) bond motifs is 5. The maximum Gasteiger partial charge on any atom is 0.134 e. The summed E-state index contributed by atoms with van der Waals surface area (Å²) in [7, 11) is 0. The summed E-state index contributed by atoms with van der Waals surface area (Å²) in [6.07, 6.45) is 2.24. The number of hydrogen-bond acceptors (Lipinski definition) is 2. The third-order valence-electron chi connectivity index (χ3n) is 11.5. The predicted octanol–water partition coefficient (Wildman–Crippen LogP) is 13.3. The van der Waals surface area contributed by atoms with Crippen molar-refractivity contribution in [1.29, 1.82) is 0 Å². The van der Waals surface area contributed by atoms with Crippen molar-refractivity contribution < 1.29 is 0 Å². The van der Waals surface area contributed by atoms with Crippen LogP contribution in [0.1, 0.15) is 47.7 Å². The number of nitrogens with one attached hydrogen (secondary N) is 1. The van der Waals surface area contributed by atoms with Crippen LogP contribution >= 0.6 is 0 Å². The lowest BCUT2D eigenvalue weighted by Crippen LogP contribution is -2.31. The highest BCUT2D eigenvalue weighted by atomic mass is 15.0. The second-order valence-electron chi connectivity index (χ2n) is 15.2. The Labute approximate surface area is 323 Å². The van der Waals surface area contributed by atoms with Crippen molar-refractivity contribution in [2.45, 2.75) is 25.3 Å². The zero-order valence-corrected chi connectivity index (χ0v) is 31.0. The maximum absolute atomic E-state index is 5.17. The van der Waals surface area contributed by atoms with Gasteiger partial charge in [0.15, 0.2) is 0 Å². The van der Waals surface area contributed by atoms with Crippen molar-refractivity contribution in [1.82, 2.24) is 5.32 Å². The van der Waals surface area contributed by atoms with E-state index in [9.17, 15) is 0 Å². The number of amidine groups is 1. The highest BCUT2D eigenvalue weighted by Crippen LogP contribution is 2.55. The molecule has 10 rings (SSSR count). The summed E-state index contributed by atoms with van der Waals surface area (Å²) in [5.74, 6) is 0.880. The van der Waals surface area contributed by atoms with Crippen molar-refractivity contribution in [3.05, 3.63) is 222 Å². The maximum atomic E-state index is 5.17. The van der Waals surface area contributed by atoms with Crippen LogP contribution in [0.25, 0.3) is 61.0 Å². The first-order valence-electron chi connectivity index (χ1n) is 19.2. The number of nitrogens with zero attached hydrogens (tertiary/aromatic N) is 1. The SMILES string of the molecule is CC1(C)c2cc(-c3cccc(-c4cccc(C5=CC(c6ccccc6)NC(c6ccccc6)=N5)c4)c3)ccc2-c2c(-c3ccccc3)cc3ccccc3c21. The van der Waals surface area contributed by atoms with E-state index in [1.54, 1.807) is 0 Å². The Bertz CT molecular complexity index is 2790. The van der Waals surface area contributed by atoms with Crippen LogP contribution in [0.2, 0.25) is 0 Å². The van der Waals surface area contributed by atoms with Crippen LogP contribution in [0.15, 0.2) is 199 Å². The summed E-state index contributed by atoms with van der Waals surface area (Å²) >= 11 is 0. The molecule has 0 spiro atoms. The van der Waals surface area contributed by atoms with Gasteiger partial charge in [-0.2, -0.15) is 0 Å². The van der Waals surface area contributed by atoms with Crippen molar-refractivity contribution in [3.8, 4) is 44.5 Å². The first-order valence-corrected chi connectivity index (χ1v) is 19.2. The number of aliphatic imine (C=N–C) groups is 1. The highest BCUT2D eigenvalue weighted by Gasteiger charge is 2.39. The van der Waals surface area contributed by atoms with Crippen molar-refractivity contribution in [3.63, 3.8) is 0 Å². The average Bonchev–Trinajstić information content (AvgIpc) is 3.50. The van der Waals surface area contributed by atoms with Gasteiger partial charge in [-0.05, 0) is 102 Å². The molecule has 0 bridgehead atoms. The largest absolute Gasteiger partial charge is 0.359 e. The van der Waals surface area contributed by atoms with Gasteiger partial charge < -0.3 is 5.32 Å². The summed E-state index contributed by atoms with van der Waals surface area (Å²) in [6, 6.07) is 68.0. The quantitative estimate of drug-likeness (QED) is 0.183. The number of benzene rings is 8. The molecule has 1 aliphatic carbocycles. The Kier molecular flexibility index (Phi) is 7.92. The molecule has 2 nitrogen and oxygen atoms in total. The molecule has 0 aromatic heterocycles. The van der Waals surface area contributed by atoms with Gasteiger partial charge in [-0.1, -0.05) is 178 Å². The number of rotatable bonds is 6. The van der Waals surface area contributed by atoms with E-state index in [1.165, 1.54) is 72.0 Å². The molecule has 0 radical (unpaired) electrons. The van der Waals surface area contributed by atoms with Gasteiger partial charge in [0, 0.05) is 16.5 Å². The monoisotopic (exact) mass is 704 g/mol. The average molecular weight is 705 g/mol. The normalized spacial score (nSPS) is 15.4. The number of hydrogen-bond donors (Lipinski definition) is 1. The van der Waals surface area contributed by atoms with Gasteiger partial charge in [0.2, 0.25) is 0 Å². The van der Waals surface area contributed by atoms with Gasteiger partial charge in [-0.25, -0.2) is 4.99 Å². The standard InChI is InChI=1S/C53H40N2/c1-53(2)47-33-41(28-29-45(47)50-46(35-16-6-3-7-17-35)32-42-22-12-13-27-44(42)51(50)53)39-24-14-23-38(30-39)40-25-15-26-43(31-40)49-34-48(36-18-8-4-9-19-36)54-52(55-49)37-20-10-5-11-21-37/h3-34,48H,1-2H3,(H,54,55). The van der Waals surface area contributed by atoms with Gasteiger partial charge >= 0.3 is 0 Å². The van der Waals surface area contributed by atoms with Crippen LogP contribution in [-0.4, -0.2) is 5.84 Å². The molecule has 1 heterocycles. The molecule has 2 aliphatic rings. The minimum absolute atomic E-state index is 0.00727. The molecular formula is C53H40N2. The van der Waals surface area contributed by atoms with E-state index in [1.807, 2.05) is 6.07 Å². The molecule has 1 atom stereocenters. The molecule has 1 unspecified atom stereocenters. The van der Waals surface area contributed by atoms with Gasteiger partial charge in [0.1, 0.15) is 5.84 Å². The Morgan fingerprint density at radius 3 is 1.75 bits per heavy atom. The molecule has 8 aromatic carbocycles. The van der Waals surface area contributed by atoms with E-state index in [-0.39, 0.29) is 11.5 Å². The molecular weight excluding hydrogens is 665 g/mol. The summed E-state index contributed by atoms with van der Waals surface area (Å²) in [5, 5.41) is 6.30. The van der Waals surface area contributed by atoms with Gasteiger partial charge in [0.25, 0.3) is 0 Å². The fourth-order valence-corrected chi connectivity index (χ4v) is 8.73. The van der Waals surface area contributed by atoms with Crippen LogP contribution in [0.3, 0.4) is 0 Å². The van der Waals surface area contributed by atoms with E-state index >= 15 is 0 Å². The van der Waals surface area contributed by atoms with Crippen LogP contribution in [-0.2, 0) is 5.41 Å². The lowest BCUT2D eigenvalue weighted by Gasteiger charge is -2.24. The van der Waals surface area contributed by atoms with E-state index < -0.39 is 0 Å². The van der Waals surface area contributed by atoms with Crippen LogP contribution < -0.4 is 5.32 Å². The Balaban J connectivity index is 1.04. The third kappa shape index (κ3) is 5.79. The first kappa shape index (κ1) is 32.8. The molecule has 2 heteroatoms. The molecule has 0 fully saturated rings. The second-order valence-corrected chi connectivity index (χ2v) is 15.2. The van der Waals surface area contributed by atoms with Crippen molar-refractivity contribution >= 4 is 22.3 Å². The molecule has 8 aromatic rings. The third-order valence-corrected chi connectivity index (χ3v) is 11.5. The topological polar surface area (TPSA) is 24.4 Å². The molecule has 0 saturated carbocycles. The predicted molar refractivity (Wildman–Crippen MR) is 231 cm³/mol. The molecule has 0 amide bonds. The summed E-state index contributed by atoms with van der Waals surface area (Å²) < 4.78 is 0. The summed E-state index contributed by atoms with van der Waals surface area (Å²) in [4.78, 5) is 5.17. The fourth-order valence-electron chi connectivity index (χ4n) is 8.73. The Morgan fingerprint density at radius 2 is 1.04 bits per heavy atom. The molecule has 1 aliphatic heterocycles. The van der Waals surface area contributed by atoms with E-state index in [2.05, 4.69) is 207 Å². The van der Waals surface area contributed by atoms with Crippen molar-refractivity contribution in [2.75, 3.05) is 0 Å². The van der Waals surface area contributed by atoms with Gasteiger partial charge in [-0.3, -0.25) is 0 Å². The first-order chi connectivity index (χ1) is 27.0. The second kappa shape index (κ2) is 13.3. The van der Waals surface area contributed by atoms with E-state index in [0.717, 1.165) is 22.7 Å².